The van der Waals surface area contributed by atoms with E-state index in [1.165, 1.54) is 60.1 Å². The highest BCUT2D eigenvalue weighted by Crippen LogP contribution is 2.38. The second-order valence-electron chi connectivity index (χ2n) is 15.6. The Kier molecular flexibility index (Phi) is 9.02. The van der Waals surface area contributed by atoms with Gasteiger partial charge in [-0.25, -0.2) is 9.97 Å². The Labute approximate surface area is 350 Å². The molecular formula is C58H40N2. The van der Waals surface area contributed by atoms with Gasteiger partial charge in [-0.3, -0.25) is 0 Å². The fourth-order valence-electron chi connectivity index (χ4n) is 8.85. The zero-order chi connectivity index (χ0) is 39.8. The van der Waals surface area contributed by atoms with Crippen molar-refractivity contribution in [2.45, 2.75) is 12.8 Å². The Morgan fingerprint density at radius 2 is 0.717 bits per heavy atom. The Morgan fingerprint density at radius 1 is 0.283 bits per heavy atom. The van der Waals surface area contributed by atoms with Gasteiger partial charge in [0.1, 0.15) is 0 Å². The molecule has 0 unspecified atom stereocenters. The quantitative estimate of drug-likeness (QED) is 0.151. The summed E-state index contributed by atoms with van der Waals surface area (Å²) in [5.41, 5.74) is 14.3. The van der Waals surface area contributed by atoms with Gasteiger partial charge in [-0.05, 0) is 126 Å². The van der Waals surface area contributed by atoms with Crippen LogP contribution in [0.4, 0.5) is 0 Å². The van der Waals surface area contributed by atoms with Gasteiger partial charge in [0.05, 0.1) is 11.4 Å². The minimum atomic E-state index is 0.696. The first-order chi connectivity index (χ1) is 29.7. The zero-order valence-corrected chi connectivity index (χ0v) is 33.1. The molecule has 2 heteroatoms. The number of allylic oxidation sites excluding steroid dienone is 4. The number of rotatable bonds is 7. The van der Waals surface area contributed by atoms with Crippen LogP contribution in [0.2, 0.25) is 0 Å². The van der Waals surface area contributed by atoms with Gasteiger partial charge in [0.2, 0.25) is 0 Å². The van der Waals surface area contributed by atoms with Crippen LogP contribution < -0.4 is 0 Å². The molecule has 11 rings (SSSR count). The molecule has 0 saturated carbocycles. The van der Waals surface area contributed by atoms with Crippen molar-refractivity contribution >= 4 is 37.9 Å². The third kappa shape index (κ3) is 6.68. The normalized spacial score (nSPS) is 12.6. The topological polar surface area (TPSA) is 25.8 Å². The highest BCUT2D eigenvalue weighted by Gasteiger charge is 2.15. The van der Waals surface area contributed by atoms with Crippen LogP contribution in [0.5, 0.6) is 0 Å². The van der Waals surface area contributed by atoms with E-state index in [-0.39, 0.29) is 0 Å². The molecule has 0 aliphatic heterocycles. The molecule has 282 valence electrons. The third-order valence-corrected chi connectivity index (χ3v) is 11.9. The predicted octanol–water partition coefficient (Wildman–Crippen LogP) is 15.7. The highest BCUT2D eigenvalue weighted by molar-refractivity contribution is 6.25. The van der Waals surface area contributed by atoms with Crippen molar-refractivity contribution in [2.24, 2.45) is 0 Å². The number of aromatic nitrogens is 2. The average Bonchev–Trinajstić information content (AvgIpc) is 3.34. The second kappa shape index (κ2) is 15.2. The molecule has 1 aliphatic rings. The number of hydrogen-bond donors (Lipinski definition) is 0. The molecule has 0 amide bonds. The van der Waals surface area contributed by atoms with Crippen LogP contribution in [0.3, 0.4) is 0 Å². The number of benzene rings is 9. The smallest absolute Gasteiger partial charge is 0.160 e. The summed E-state index contributed by atoms with van der Waals surface area (Å²) in [7, 11) is 0. The van der Waals surface area contributed by atoms with Crippen molar-refractivity contribution in [1.82, 2.24) is 9.97 Å². The molecule has 0 atom stereocenters. The molecule has 0 saturated heterocycles. The van der Waals surface area contributed by atoms with Crippen molar-refractivity contribution in [3.63, 3.8) is 0 Å². The second-order valence-corrected chi connectivity index (χ2v) is 15.6. The molecule has 2 nitrogen and oxygen atoms in total. The zero-order valence-electron chi connectivity index (χ0n) is 33.1. The lowest BCUT2D eigenvalue weighted by Gasteiger charge is -2.13. The summed E-state index contributed by atoms with van der Waals surface area (Å²) in [5.74, 6) is 0.696. The molecular weight excluding hydrogens is 725 g/mol. The summed E-state index contributed by atoms with van der Waals surface area (Å²) in [6.07, 6.45) is 8.97. The van der Waals surface area contributed by atoms with Gasteiger partial charge >= 0.3 is 0 Å². The largest absolute Gasteiger partial charge is 0.228 e. The van der Waals surface area contributed by atoms with Gasteiger partial charge in [0, 0.05) is 16.7 Å². The fraction of sp³-hybridized carbons (Fsp3) is 0.0345. The molecule has 0 fully saturated rings. The fourth-order valence-corrected chi connectivity index (χ4v) is 8.85. The van der Waals surface area contributed by atoms with E-state index in [9.17, 15) is 0 Å². The van der Waals surface area contributed by atoms with E-state index < -0.39 is 0 Å². The Hall–Kier alpha value is -7.68. The van der Waals surface area contributed by atoms with Crippen LogP contribution in [0.25, 0.3) is 105 Å². The first-order valence-corrected chi connectivity index (χ1v) is 20.8. The van der Waals surface area contributed by atoms with Gasteiger partial charge < -0.3 is 0 Å². The minimum absolute atomic E-state index is 0.696. The van der Waals surface area contributed by atoms with Gasteiger partial charge in [0.15, 0.2) is 5.82 Å². The van der Waals surface area contributed by atoms with E-state index in [2.05, 4.69) is 218 Å². The first-order valence-electron chi connectivity index (χ1n) is 20.8. The summed E-state index contributed by atoms with van der Waals surface area (Å²) in [6.45, 7) is 0. The summed E-state index contributed by atoms with van der Waals surface area (Å²) < 4.78 is 0. The van der Waals surface area contributed by atoms with E-state index in [0.717, 1.165) is 57.6 Å². The maximum Gasteiger partial charge on any atom is 0.160 e. The average molecular weight is 765 g/mol. The summed E-state index contributed by atoms with van der Waals surface area (Å²) in [4.78, 5) is 10.6. The van der Waals surface area contributed by atoms with Crippen molar-refractivity contribution < 1.29 is 0 Å². The Morgan fingerprint density at radius 3 is 1.32 bits per heavy atom. The van der Waals surface area contributed by atoms with Crippen molar-refractivity contribution in [1.29, 1.82) is 0 Å². The van der Waals surface area contributed by atoms with E-state index in [4.69, 9.17) is 9.97 Å². The van der Waals surface area contributed by atoms with Gasteiger partial charge in [-0.1, -0.05) is 182 Å². The van der Waals surface area contributed by atoms with Crippen molar-refractivity contribution in [2.75, 3.05) is 0 Å². The SMILES string of the molecule is C1=CC(c2cccc(-c3cc(-c4cccc(-c5ccccc5)c4)nc(-c4cccc(-c5cccc(-c6ccc7c8ccccc8c8ccccc8c7c6)c5)c4)n3)c2)=CCC1. The molecule has 1 aromatic heterocycles. The number of hydrogen-bond acceptors (Lipinski definition) is 2. The van der Waals surface area contributed by atoms with E-state index in [1.54, 1.807) is 0 Å². The first kappa shape index (κ1) is 35.5. The summed E-state index contributed by atoms with van der Waals surface area (Å²) >= 11 is 0. The lowest BCUT2D eigenvalue weighted by atomic mass is 9.91. The van der Waals surface area contributed by atoms with Gasteiger partial charge in [-0.15, -0.1) is 0 Å². The molecule has 0 N–H and O–H groups in total. The molecule has 1 aliphatic carbocycles. The lowest BCUT2D eigenvalue weighted by molar-refractivity contribution is 1.04. The van der Waals surface area contributed by atoms with Crippen LogP contribution >= 0.6 is 0 Å². The number of fused-ring (bicyclic) bond motifs is 6. The maximum atomic E-state index is 5.29. The summed E-state index contributed by atoms with van der Waals surface area (Å²) in [6, 6.07) is 72.1. The van der Waals surface area contributed by atoms with Crippen LogP contribution in [0, 0.1) is 0 Å². The molecule has 10 aromatic rings. The van der Waals surface area contributed by atoms with Crippen LogP contribution in [-0.2, 0) is 0 Å². The highest BCUT2D eigenvalue weighted by atomic mass is 14.9. The molecule has 9 aromatic carbocycles. The van der Waals surface area contributed by atoms with Crippen LogP contribution in [0.1, 0.15) is 18.4 Å². The van der Waals surface area contributed by atoms with Crippen molar-refractivity contribution in [3.05, 3.63) is 224 Å². The Bertz CT molecular complexity index is 3280. The van der Waals surface area contributed by atoms with Gasteiger partial charge in [0.25, 0.3) is 0 Å². The van der Waals surface area contributed by atoms with Crippen molar-refractivity contribution in [3.8, 4) is 67.3 Å². The predicted molar refractivity (Wildman–Crippen MR) is 254 cm³/mol. The van der Waals surface area contributed by atoms with E-state index >= 15 is 0 Å². The summed E-state index contributed by atoms with van der Waals surface area (Å²) in [5, 5.41) is 7.69. The molecule has 1 heterocycles. The molecule has 0 radical (unpaired) electrons. The molecule has 0 spiro atoms. The lowest BCUT2D eigenvalue weighted by Crippen LogP contribution is -1.97. The molecule has 0 bridgehead atoms. The standard InChI is InChI=1S/C58H40N2/c1-3-15-39(16-4-1)41-19-12-24-47(34-41)56-38-57(48-25-13-20-42(35-48)40-17-5-2-6-18-40)60-58(59-56)49-26-14-23-45(36-49)43-21-11-22-44(33-43)46-31-32-54-52-29-8-7-27-50(52)51-28-9-10-30-53(51)55(54)37-46/h1,3-5,7-38H,2,6H2. The molecule has 60 heavy (non-hydrogen) atoms. The van der Waals surface area contributed by atoms with Crippen LogP contribution in [-0.4, -0.2) is 9.97 Å². The van der Waals surface area contributed by atoms with Gasteiger partial charge in [-0.2, -0.15) is 0 Å². The minimum Gasteiger partial charge on any atom is -0.228 e. The third-order valence-electron chi connectivity index (χ3n) is 11.9. The number of nitrogens with zero attached hydrogens (tertiary/aromatic N) is 2. The monoisotopic (exact) mass is 764 g/mol. The van der Waals surface area contributed by atoms with Crippen LogP contribution in [0.15, 0.2) is 218 Å². The van der Waals surface area contributed by atoms with E-state index in [1.807, 2.05) is 0 Å². The Balaban J connectivity index is 1.01. The van der Waals surface area contributed by atoms with E-state index in [0.29, 0.717) is 5.82 Å². The maximum absolute atomic E-state index is 5.29.